The zero-order valence-corrected chi connectivity index (χ0v) is 23.1. The topological polar surface area (TPSA) is 69.0 Å². The smallest absolute Gasteiger partial charge is 0.248 e. The number of ether oxygens (including phenoxy) is 1. The predicted octanol–water partition coefficient (Wildman–Crippen LogP) is 7.60. The third-order valence-electron chi connectivity index (χ3n) is 5.37. The van der Waals surface area contributed by atoms with Crippen LogP contribution in [0.5, 0.6) is 5.75 Å². The molecule has 1 aromatic heterocycles. The highest BCUT2D eigenvalue weighted by Gasteiger charge is 2.12. The molecule has 0 fully saturated rings. The van der Waals surface area contributed by atoms with Crippen LogP contribution in [0.15, 0.2) is 63.6 Å². The van der Waals surface area contributed by atoms with Gasteiger partial charge in [-0.25, -0.2) is 0 Å². The van der Waals surface area contributed by atoms with Gasteiger partial charge in [0.25, 0.3) is 0 Å². The maximum absolute atomic E-state index is 12.6. The fourth-order valence-electron chi connectivity index (χ4n) is 3.59. The fourth-order valence-corrected chi connectivity index (χ4v) is 5.21. The lowest BCUT2D eigenvalue weighted by Gasteiger charge is -2.08. The Bertz CT molecular complexity index is 1400. The molecular weight excluding hydrogens is 596 g/mol. The van der Waals surface area contributed by atoms with Gasteiger partial charge < -0.3 is 10.1 Å². The summed E-state index contributed by atoms with van der Waals surface area (Å²) in [6.45, 7) is 2.18. The number of rotatable bonds is 8. The molecule has 1 heterocycles. The van der Waals surface area contributed by atoms with Crippen LogP contribution in [0, 0.1) is 0 Å². The number of anilines is 1. The molecule has 180 valence electrons. The lowest BCUT2D eigenvalue weighted by molar-refractivity contribution is -0.111. The van der Waals surface area contributed by atoms with Crippen LogP contribution < -0.4 is 10.1 Å². The SMILES string of the molecule is CCCCc1ccc(-n2nc3cc(Cl)c(NC(=O)/C=C/c4cc(Br)cc(Br)c4OC)cc3n2)cc1. The number of methoxy groups -OCH3 is 1. The number of unbranched alkanes of at least 4 members (excludes halogenated alkanes) is 1. The molecule has 0 aliphatic carbocycles. The van der Waals surface area contributed by atoms with Gasteiger partial charge in [0.05, 0.1) is 28.0 Å². The zero-order chi connectivity index (χ0) is 24.9. The molecule has 0 saturated heterocycles. The first-order chi connectivity index (χ1) is 16.9. The minimum atomic E-state index is -0.334. The highest BCUT2D eigenvalue weighted by molar-refractivity contribution is 9.11. The molecule has 0 spiro atoms. The summed E-state index contributed by atoms with van der Waals surface area (Å²) in [5.41, 5.74) is 4.62. The number of aryl methyl sites for hydroxylation is 1. The van der Waals surface area contributed by atoms with Crippen molar-refractivity contribution in [3.05, 3.63) is 79.7 Å². The van der Waals surface area contributed by atoms with Crippen molar-refractivity contribution < 1.29 is 9.53 Å². The Morgan fingerprint density at radius 1 is 1.11 bits per heavy atom. The van der Waals surface area contributed by atoms with Gasteiger partial charge in [0, 0.05) is 16.1 Å². The number of aromatic nitrogens is 3. The van der Waals surface area contributed by atoms with Crippen molar-refractivity contribution in [2.75, 3.05) is 12.4 Å². The van der Waals surface area contributed by atoms with E-state index in [4.69, 9.17) is 16.3 Å². The molecule has 0 unspecified atom stereocenters. The van der Waals surface area contributed by atoms with Gasteiger partial charge in [-0.1, -0.05) is 53.0 Å². The molecule has 6 nitrogen and oxygen atoms in total. The van der Waals surface area contributed by atoms with Gasteiger partial charge in [-0.3, -0.25) is 4.79 Å². The molecule has 35 heavy (non-hydrogen) atoms. The normalized spacial score (nSPS) is 11.3. The van der Waals surface area contributed by atoms with Crippen molar-refractivity contribution >= 4 is 72.2 Å². The maximum Gasteiger partial charge on any atom is 0.248 e. The molecular formula is C26H23Br2ClN4O2. The Morgan fingerprint density at radius 2 is 1.83 bits per heavy atom. The van der Waals surface area contributed by atoms with E-state index in [0.717, 1.165) is 26.6 Å². The summed E-state index contributed by atoms with van der Waals surface area (Å²) in [6.07, 6.45) is 6.49. The van der Waals surface area contributed by atoms with Gasteiger partial charge in [0.2, 0.25) is 5.91 Å². The first-order valence-corrected chi connectivity index (χ1v) is 13.0. The number of benzene rings is 3. The van der Waals surface area contributed by atoms with Crippen LogP contribution >= 0.6 is 43.5 Å². The van der Waals surface area contributed by atoms with Gasteiger partial charge in [-0.15, -0.1) is 10.2 Å². The van der Waals surface area contributed by atoms with Gasteiger partial charge in [-0.05, 0) is 76.8 Å². The van der Waals surface area contributed by atoms with Gasteiger partial charge >= 0.3 is 0 Å². The second-order valence-corrected chi connectivity index (χ2v) is 10.1. The van der Waals surface area contributed by atoms with Crippen molar-refractivity contribution in [1.29, 1.82) is 0 Å². The maximum atomic E-state index is 12.6. The Hall–Kier alpha value is -2.68. The molecule has 0 aliphatic rings. The van der Waals surface area contributed by atoms with Crippen LogP contribution in [0.4, 0.5) is 5.69 Å². The number of fused-ring (bicyclic) bond motifs is 1. The summed E-state index contributed by atoms with van der Waals surface area (Å²) in [6, 6.07) is 15.4. The largest absolute Gasteiger partial charge is 0.495 e. The summed E-state index contributed by atoms with van der Waals surface area (Å²) in [5.74, 6) is 0.297. The number of hydrogen-bond donors (Lipinski definition) is 1. The number of nitrogens with one attached hydrogen (secondary N) is 1. The number of hydrogen-bond acceptors (Lipinski definition) is 4. The standard InChI is InChI=1S/C26H23Br2ClN4O2/c1-3-4-5-16-6-9-19(10-7-16)33-31-23-14-21(29)22(15-24(23)32-33)30-25(34)11-8-17-12-18(27)13-20(28)26(17)35-2/h6-15H,3-5H2,1-2H3,(H,30,34)/b11-8+. The van der Waals surface area contributed by atoms with E-state index in [9.17, 15) is 4.79 Å². The minimum absolute atomic E-state index is 0.334. The third kappa shape index (κ3) is 6.12. The molecule has 0 aliphatic heterocycles. The number of carbonyl (C=O) groups excluding carboxylic acids is 1. The molecule has 3 aromatic carbocycles. The molecule has 4 aromatic rings. The first-order valence-electron chi connectivity index (χ1n) is 11.1. The second-order valence-electron chi connectivity index (χ2n) is 7.91. The molecule has 0 radical (unpaired) electrons. The molecule has 1 N–H and O–H groups in total. The van der Waals surface area contributed by atoms with E-state index in [1.165, 1.54) is 24.5 Å². The van der Waals surface area contributed by atoms with E-state index in [1.54, 1.807) is 30.1 Å². The summed E-state index contributed by atoms with van der Waals surface area (Å²) < 4.78 is 7.06. The van der Waals surface area contributed by atoms with Crippen LogP contribution in [0.2, 0.25) is 5.02 Å². The fraction of sp³-hybridized carbons (Fsp3) is 0.192. The molecule has 1 amide bonds. The van der Waals surface area contributed by atoms with Crippen molar-refractivity contribution in [3.63, 3.8) is 0 Å². The Morgan fingerprint density at radius 3 is 2.51 bits per heavy atom. The van der Waals surface area contributed by atoms with Crippen LogP contribution in [0.25, 0.3) is 22.8 Å². The molecule has 0 saturated carbocycles. The van der Waals surface area contributed by atoms with E-state index in [-0.39, 0.29) is 5.91 Å². The minimum Gasteiger partial charge on any atom is -0.495 e. The number of carbonyl (C=O) groups is 1. The van der Waals surface area contributed by atoms with E-state index >= 15 is 0 Å². The zero-order valence-electron chi connectivity index (χ0n) is 19.2. The van der Waals surface area contributed by atoms with Crippen molar-refractivity contribution in [2.24, 2.45) is 0 Å². The summed E-state index contributed by atoms with van der Waals surface area (Å²) in [7, 11) is 1.58. The van der Waals surface area contributed by atoms with Crippen molar-refractivity contribution in [1.82, 2.24) is 15.0 Å². The summed E-state index contributed by atoms with van der Waals surface area (Å²) in [4.78, 5) is 14.2. The van der Waals surface area contributed by atoms with E-state index < -0.39 is 0 Å². The van der Waals surface area contributed by atoms with Gasteiger partial charge in [0.15, 0.2) is 0 Å². The van der Waals surface area contributed by atoms with E-state index in [1.807, 2.05) is 24.3 Å². The highest BCUT2D eigenvalue weighted by atomic mass is 79.9. The lowest BCUT2D eigenvalue weighted by Crippen LogP contribution is -2.08. The second kappa shape index (κ2) is 11.4. The van der Waals surface area contributed by atoms with Crippen LogP contribution in [0.1, 0.15) is 30.9 Å². The van der Waals surface area contributed by atoms with E-state index in [0.29, 0.717) is 27.5 Å². The van der Waals surface area contributed by atoms with Crippen LogP contribution in [0.3, 0.4) is 0 Å². The average molecular weight is 619 g/mol. The monoisotopic (exact) mass is 616 g/mol. The third-order valence-corrected chi connectivity index (χ3v) is 6.73. The first kappa shape index (κ1) is 25.4. The van der Waals surface area contributed by atoms with Crippen LogP contribution in [-0.2, 0) is 11.2 Å². The lowest BCUT2D eigenvalue weighted by atomic mass is 10.1. The van der Waals surface area contributed by atoms with Crippen LogP contribution in [-0.4, -0.2) is 28.0 Å². The quantitative estimate of drug-likeness (QED) is 0.207. The van der Waals surface area contributed by atoms with Gasteiger partial charge in [0.1, 0.15) is 16.8 Å². The molecule has 0 atom stereocenters. The Kier molecular flexibility index (Phi) is 8.26. The number of amides is 1. The molecule has 4 rings (SSSR count). The summed E-state index contributed by atoms with van der Waals surface area (Å²) in [5, 5.41) is 12.3. The van der Waals surface area contributed by atoms with Gasteiger partial charge in [-0.2, -0.15) is 4.80 Å². The van der Waals surface area contributed by atoms with Crippen molar-refractivity contribution in [3.8, 4) is 11.4 Å². The summed E-state index contributed by atoms with van der Waals surface area (Å²) >= 11 is 13.3. The number of halogens is 3. The Labute approximate surface area is 225 Å². The number of nitrogens with zero attached hydrogens (tertiary/aromatic N) is 3. The predicted molar refractivity (Wildman–Crippen MR) is 149 cm³/mol. The van der Waals surface area contributed by atoms with Crippen molar-refractivity contribution in [2.45, 2.75) is 26.2 Å². The average Bonchev–Trinajstić information content (AvgIpc) is 3.24. The Balaban J connectivity index is 1.53. The highest BCUT2D eigenvalue weighted by Crippen LogP contribution is 2.33. The molecule has 9 heteroatoms. The van der Waals surface area contributed by atoms with E-state index in [2.05, 4.69) is 66.4 Å². The molecule has 0 bridgehead atoms.